The molecule has 0 radical (unpaired) electrons. The van der Waals surface area contributed by atoms with Crippen LogP contribution in [0.4, 0.5) is 0 Å². The van der Waals surface area contributed by atoms with E-state index in [1.54, 1.807) is 7.11 Å². The largest absolute Gasteiger partial charge is 0.493 e. The van der Waals surface area contributed by atoms with Crippen LogP contribution < -0.4 is 9.47 Å². The molecule has 0 aromatic heterocycles. The van der Waals surface area contributed by atoms with Gasteiger partial charge in [0.15, 0.2) is 11.5 Å². The van der Waals surface area contributed by atoms with Crippen LogP contribution >= 0.6 is 23.8 Å². The first kappa shape index (κ1) is 17.1. The lowest BCUT2D eigenvalue weighted by atomic mass is 10.2. The number of hydrogen-bond donors (Lipinski definition) is 0. The van der Waals surface area contributed by atoms with Crippen molar-refractivity contribution in [2.75, 3.05) is 20.2 Å². The van der Waals surface area contributed by atoms with Gasteiger partial charge in [-0.15, -0.1) is 0 Å². The molecule has 1 saturated heterocycles. The molecule has 0 spiro atoms. The fourth-order valence-corrected chi connectivity index (χ4v) is 3.38. The average Bonchev–Trinajstić information content (AvgIpc) is 3.15. The minimum atomic E-state index is 0.437. The Bertz CT molecular complexity index is 715. The zero-order chi connectivity index (χ0) is 16.9. The molecule has 1 fully saturated rings. The maximum Gasteiger partial charge on any atom is 0.180 e. The van der Waals surface area contributed by atoms with Crippen LogP contribution in [0, 0.1) is 0 Å². The van der Waals surface area contributed by atoms with Crippen LogP contribution in [0.1, 0.15) is 24.0 Å². The summed E-state index contributed by atoms with van der Waals surface area (Å²) in [7, 11) is 1.61. The van der Waals surface area contributed by atoms with E-state index in [0.29, 0.717) is 23.1 Å². The van der Waals surface area contributed by atoms with Crippen molar-refractivity contribution in [2.45, 2.75) is 19.4 Å². The highest BCUT2D eigenvalue weighted by atomic mass is 35.5. The predicted molar refractivity (Wildman–Crippen MR) is 101 cm³/mol. The van der Waals surface area contributed by atoms with Crippen molar-refractivity contribution < 1.29 is 9.47 Å². The summed E-state index contributed by atoms with van der Waals surface area (Å²) in [6.45, 7) is 2.45. The molecule has 2 aromatic carbocycles. The van der Waals surface area contributed by atoms with Crippen molar-refractivity contribution in [3.8, 4) is 11.5 Å². The third kappa shape index (κ3) is 3.82. The van der Waals surface area contributed by atoms with Crippen LogP contribution in [0.25, 0.3) is 0 Å². The van der Waals surface area contributed by atoms with Crippen molar-refractivity contribution in [3.05, 3.63) is 58.6 Å². The summed E-state index contributed by atoms with van der Waals surface area (Å²) in [4.78, 5) is 3.03. The van der Waals surface area contributed by atoms with Gasteiger partial charge in [-0.1, -0.05) is 54.2 Å². The van der Waals surface area contributed by atoms with Gasteiger partial charge in [0.2, 0.25) is 0 Å². The lowest BCUT2D eigenvalue weighted by Gasteiger charge is -2.20. The van der Waals surface area contributed by atoms with Gasteiger partial charge < -0.3 is 14.4 Å². The Hall–Kier alpha value is -1.78. The topological polar surface area (TPSA) is 21.7 Å². The molecule has 3 nitrogen and oxygen atoms in total. The molecule has 0 unspecified atom stereocenters. The fourth-order valence-electron chi connectivity index (χ4n) is 2.82. The van der Waals surface area contributed by atoms with Crippen LogP contribution in [0.5, 0.6) is 11.5 Å². The zero-order valence-corrected chi connectivity index (χ0v) is 15.2. The van der Waals surface area contributed by atoms with Gasteiger partial charge in [-0.2, -0.15) is 0 Å². The van der Waals surface area contributed by atoms with Gasteiger partial charge >= 0.3 is 0 Å². The number of rotatable bonds is 5. The van der Waals surface area contributed by atoms with E-state index >= 15 is 0 Å². The minimum absolute atomic E-state index is 0.437. The van der Waals surface area contributed by atoms with Crippen LogP contribution in [0.3, 0.4) is 0 Å². The van der Waals surface area contributed by atoms with Crippen molar-refractivity contribution in [3.63, 3.8) is 0 Å². The highest BCUT2D eigenvalue weighted by Gasteiger charge is 2.20. The van der Waals surface area contributed by atoms with Gasteiger partial charge in [0.05, 0.1) is 12.1 Å². The molecule has 1 heterocycles. The quantitative estimate of drug-likeness (QED) is 0.719. The second-order valence-corrected chi connectivity index (χ2v) is 6.56. The Morgan fingerprint density at radius 3 is 2.54 bits per heavy atom. The lowest BCUT2D eigenvalue weighted by Crippen LogP contribution is -2.26. The summed E-state index contributed by atoms with van der Waals surface area (Å²) >= 11 is 12.0. The molecule has 0 aliphatic carbocycles. The summed E-state index contributed by atoms with van der Waals surface area (Å²) in [5.41, 5.74) is 1.98. The monoisotopic (exact) mass is 361 g/mol. The average molecular weight is 362 g/mol. The van der Waals surface area contributed by atoms with Crippen molar-refractivity contribution >= 4 is 28.8 Å². The Kier molecular flexibility index (Phi) is 5.59. The number of benzene rings is 2. The number of likely N-dealkylation sites (tertiary alicyclic amines) is 1. The van der Waals surface area contributed by atoms with E-state index < -0.39 is 0 Å². The summed E-state index contributed by atoms with van der Waals surface area (Å²) in [6, 6.07) is 13.7. The van der Waals surface area contributed by atoms with Crippen LogP contribution in [-0.2, 0) is 6.61 Å². The molecule has 0 saturated carbocycles. The van der Waals surface area contributed by atoms with E-state index in [1.165, 1.54) is 12.8 Å². The normalized spacial score (nSPS) is 13.8. The van der Waals surface area contributed by atoms with E-state index in [0.717, 1.165) is 29.2 Å². The lowest BCUT2D eigenvalue weighted by molar-refractivity contribution is 0.284. The number of thiocarbonyl (C=S) groups is 1. The molecule has 5 heteroatoms. The highest BCUT2D eigenvalue weighted by Crippen LogP contribution is 2.37. The zero-order valence-electron chi connectivity index (χ0n) is 13.6. The van der Waals surface area contributed by atoms with Gasteiger partial charge in [-0.25, -0.2) is 0 Å². The smallest absolute Gasteiger partial charge is 0.180 e. The Morgan fingerprint density at radius 2 is 1.88 bits per heavy atom. The molecule has 1 aliphatic rings. The second kappa shape index (κ2) is 7.86. The molecular formula is C19H20ClNO2S. The summed E-state index contributed by atoms with van der Waals surface area (Å²) in [5.74, 6) is 1.16. The molecule has 3 rings (SSSR count). The van der Waals surface area contributed by atoms with Crippen molar-refractivity contribution in [2.24, 2.45) is 0 Å². The van der Waals surface area contributed by atoms with Crippen LogP contribution in [0.2, 0.25) is 5.02 Å². The Labute approximate surface area is 153 Å². The predicted octanol–water partition coefficient (Wildman–Crippen LogP) is 4.70. The second-order valence-electron chi connectivity index (χ2n) is 5.76. The number of methoxy groups -OCH3 is 1. The Balaban J connectivity index is 1.81. The van der Waals surface area contributed by atoms with Gasteiger partial charge in [0, 0.05) is 18.7 Å². The first-order chi connectivity index (χ1) is 11.7. The summed E-state index contributed by atoms with van der Waals surface area (Å²) in [5, 5.41) is 0.516. The van der Waals surface area contributed by atoms with E-state index in [4.69, 9.17) is 33.3 Å². The fraction of sp³-hybridized carbons (Fsp3) is 0.316. The maximum absolute atomic E-state index is 6.45. The standard InChI is InChI=1S/C19H20ClNO2S/c1-22-17-12-15(19(24)21-9-5-6-10-21)11-16(20)18(17)23-13-14-7-3-2-4-8-14/h2-4,7-8,11-12H,5-6,9-10,13H2,1H3. The number of nitrogens with zero attached hydrogens (tertiary/aromatic N) is 1. The molecule has 0 N–H and O–H groups in total. The van der Waals surface area contributed by atoms with Crippen LogP contribution in [0.15, 0.2) is 42.5 Å². The molecule has 126 valence electrons. The molecule has 0 atom stereocenters. The van der Waals surface area contributed by atoms with Gasteiger partial charge in [-0.3, -0.25) is 0 Å². The SMILES string of the molecule is COc1cc(C(=S)N2CCCC2)cc(Cl)c1OCc1ccccc1. The van der Waals surface area contributed by atoms with Gasteiger partial charge in [0.1, 0.15) is 11.6 Å². The summed E-state index contributed by atoms with van der Waals surface area (Å²) in [6.07, 6.45) is 2.37. The molecule has 2 aromatic rings. The molecule has 0 amide bonds. The van der Waals surface area contributed by atoms with Gasteiger partial charge in [-0.05, 0) is 30.5 Å². The third-order valence-corrected chi connectivity index (χ3v) is 4.87. The van der Waals surface area contributed by atoms with E-state index in [1.807, 2.05) is 42.5 Å². The first-order valence-electron chi connectivity index (χ1n) is 8.02. The minimum Gasteiger partial charge on any atom is -0.493 e. The first-order valence-corrected chi connectivity index (χ1v) is 8.81. The molecule has 1 aliphatic heterocycles. The number of ether oxygens (including phenoxy) is 2. The van der Waals surface area contributed by atoms with Crippen molar-refractivity contribution in [1.82, 2.24) is 4.90 Å². The molecule has 0 bridgehead atoms. The summed E-state index contributed by atoms with van der Waals surface area (Å²) < 4.78 is 11.4. The number of halogens is 1. The van der Waals surface area contributed by atoms with E-state index in [2.05, 4.69) is 4.90 Å². The maximum atomic E-state index is 6.45. The Morgan fingerprint density at radius 1 is 1.17 bits per heavy atom. The van der Waals surface area contributed by atoms with E-state index in [-0.39, 0.29) is 0 Å². The highest BCUT2D eigenvalue weighted by molar-refractivity contribution is 7.80. The molecule has 24 heavy (non-hydrogen) atoms. The third-order valence-electron chi connectivity index (χ3n) is 4.10. The van der Waals surface area contributed by atoms with E-state index in [9.17, 15) is 0 Å². The molecular weight excluding hydrogens is 342 g/mol. The van der Waals surface area contributed by atoms with Gasteiger partial charge in [0.25, 0.3) is 0 Å². The van der Waals surface area contributed by atoms with Crippen molar-refractivity contribution in [1.29, 1.82) is 0 Å². The van der Waals surface area contributed by atoms with Crippen LogP contribution in [-0.4, -0.2) is 30.1 Å². The number of hydrogen-bond acceptors (Lipinski definition) is 3.